The summed E-state index contributed by atoms with van der Waals surface area (Å²) in [6.45, 7) is 3.96. The fourth-order valence-electron chi connectivity index (χ4n) is 3.88. The minimum Gasteiger partial charge on any atom is -0.393 e. The van der Waals surface area contributed by atoms with Crippen LogP contribution in [0.4, 0.5) is 5.69 Å². The fourth-order valence-corrected chi connectivity index (χ4v) is 3.88. The maximum atomic E-state index is 10.1. The minimum atomic E-state index is -0.232. The van der Waals surface area contributed by atoms with E-state index in [1.807, 2.05) is 6.92 Å². The van der Waals surface area contributed by atoms with E-state index in [0.29, 0.717) is 18.0 Å². The van der Waals surface area contributed by atoms with Gasteiger partial charge in [0, 0.05) is 36.8 Å². The van der Waals surface area contributed by atoms with Crippen LogP contribution in [0.25, 0.3) is 0 Å². The van der Waals surface area contributed by atoms with Gasteiger partial charge in [0.1, 0.15) is 0 Å². The van der Waals surface area contributed by atoms with E-state index < -0.39 is 0 Å². The summed E-state index contributed by atoms with van der Waals surface area (Å²) < 4.78 is 0. The number of hydrogen-bond donors (Lipinski definition) is 2. The molecule has 2 fully saturated rings. The van der Waals surface area contributed by atoms with Crippen LogP contribution in [0, 0.1) is 5.92 Å². The Morgan fingerprint density at radius 2 is 1.81 bits per heavy atom. The third-order valence-electron chi connectivity index (χ3n) is 5.11. The van der Waals surface area contributed by atoms with E-state index in [1.54, 1.807) is 0 Å². The average Bonchev–Trinajstić information content (AvgIpc) is 3.01. The van der Waals surface area contributed by atoms with Gasteiger partial charge in [-0.15, -0.1) is 0 Å². The van der Waals surface area contributed by atoms with Crippen molar-refractivity contribution in [2.45, 2.75) is 57.2 Å². The van der Waals surface area contributed by atoms with Crippen molar-refractivity contribution in [2.24, 2.45) is 5.92 Å². The Hall–Kier alpha value is -1.06. The number of aliphatic hydroxyl groups excluding tert-OH is 1. The number of piperidine rings is 1. The highest BCUT2D eigenvalue weighted by Gasteiger charge is 2.31. The van der Waals surface area contributed by atoms with Gasteiger partial charge in [-0.1, -0.05) is 31.0 Å². The van der Waals surface area contributed by atoms with E-state index in [4.69, 9.17) is 0 Å². The normalized spacial score (nSPS) is 28.8. The Morgan fingerprint density at radius 3 is 2.48 bits per heavy atom. The first-order valence-electron chi connectivity index (χ1n) is 8.46. The van der Waals surface area contributed by atoms with Crippen LogP contribution < -0.4 is 10.2 Å². The smallest absolute Gasteiger partial charge is 0.0557 e. The second-order valence-electron chi connectivity index (χ2n) is 6.82. The SMILES string of the molecule is CC(O)C1CC(NC2CCCC2)CN(c2ccccc2)C1. The van der Waals surface area contributed by atoms with Gasteiger partial charge in [-0.25, -0.2) is 0 Å². The third-order valence-corrected chi connectivity index (χ3v) is 5.11. The van der Waals surface area contributed by atoms with E-state index in [9.17, 15) is 5.11 Å². The number of nitrogens with one attached hydrogen (secondary N) is 1. The van der Waals surface area contributed by atoms with Crippen molar-refractivity contribution < 1.29 is 5.11 Å². The van der Waals surface area contributed by atoms with E-state index in [2.05, 4.69) is 40.5 Å². The lowest BCUT2D eigenvalue weighted by Gasteiger charge is -2.41. The molecule has 0 aromatic heterocycles. The highest BCUT2D eigenvalue weighted by Crippen LogP contribution is 2.27. The molecule has 1 heterocycles. The summed E-state index contributed by atoms with van der Waals surface area (Å²) in [5.41, 5.74) is 1.28. The number of rotatable bonds is 4. The first-order valence-corrected chi connectivity index (χ1v) is 8.46. The van der Waals surface area contributed by atoms with Crippen LogP contribution in [-0.4, -0.2) is 36.4 Å². The summed E-state index contributed by atoms with van der Waals surface area (Å²) in [4.78, 5) is 2.44. The second-order valence-corrected chi connectivity index (χ2v) is 6.82. The molecule has 0 bridgehead atoms. The molecule has 116 valence electrons. The lowest BCUT2D eigenvalue weighted by molar-refractivity contribution is 0.104. The molecular weight excluding hydrogens is 260 g/mol. The van der Waals surface area contributed by atoms with E-state index in [-0.39, 0.29) is 6.10 Å². The molecule has 3 heteroatoms. The monoisotopic (exact) mass is 288 g/mol. The topological polar surface area (TPSA) is 35.5 Å². The van der Waals surface area contributed by atoms with Crippen LogP contribution >= 0.6 is 0 Å². The molecular formula is C18H28N2O. The summed E-state index contributed by atoms with van der Waals surface area (Å²) in [6.07, 6.45) is 6.24. The van der Waals surface area contributed by atoms with Crippen LogP contribution in [0.1, 0.15) is 39.0 Å². The Bertz CT molecular complexity index is 426. The van der Waals surface area contributed by atoms with Crippen LogP contribution in [0.5, 0.6) is 0 Å². The van der Waals surface area contributed by atoms with E-state index >= 15 is 0 Å². The molecule has 2 aliphatic rings. The molecule has 1 saturated heterocycles. The molecule has 1 aromatic carbocycles. The molecule has 1 aliphatic heterocycles. The molecule has 3 rings (SSSR count). The first kappa shape index (κ1) is 14.9. The van der Waals surface area contributed by atoms with Crippen LogP contribution in [0.15, 0.2) is 30.3 Å². The summed E-state index contributed by atoms with van der Waals surface area (Å²) in [5, 5.41) is 13.9. The van der Waals surface area contributed by atoms with Crippen LogP contribution in [0.2, 0.25) is 0 Å². The van der Waals surface area contributed by atoms with Crippen molar-refractivity contribution in [3.63, 3.8) is 0 Å². The van der Waals surface area contributed by atoms with Gasteiger partial charge in [0.25, 0.3) is 0 Å². The number of aliphatic hydroxyl groups is 1. The lowest BCUT2D eigenvalue weighted by atomic mass is 9.89. The van der Waals surface area contributed by atoms with Gasteiger partial charge < -0.3 is 15.3 Å². The maximum Gasteiger partial charge on any atom is 0.0557 e. The molecule has 0 amide bonds. The van der Waals surface area contributed by atoms with Crippen LogP contribution in [-0.2, 0) is 0 Å². The van der Waals surface area contributed by atoms with Crippen molar-refractivity contribution in [2.75, 3.05) is 18.0 Å². The molecule has 3 unspecified atom stereocenters. The van der Waals surface area contributed by atoms with Gasteiger partial charge in [-0.3, -0.25) is 0 Å². The van der Waals surface area contributed by atoms with Crippen molar-refractivity contribution in [3.8, 4) is 0 Å². The standard InChI is InChI=1S/C18H28N2O/c1-14(21)15-11-17(19-16-7-5-6-8-16)13-20(12-15)18-9-3-2-4-10-18/h2-4,9-10,14-17,19,21H,5-8,11-13H2,1H3. The number of hydrogen-bond acceptors (Lipinski definition) is 3. The van der Waals surface area contributed by atoms with Gasteiger partial charge in [-0.05, 0) is 38.3 Å². The summed E-state index contributed by atoms with van der Waals surface area (Å²) in [6, 6.07) is 11.8. The predicted octanol–water partition coefficient (Wildman–Crippen LogP) is 2.79. The highest BCUT2D eigenvalue weighted by atomic mass is 16.3. The Balaban J connectivity index is 1.69. The molecule has 0 radical (unpaired) electrons. The zero-order valence-electron chi connectivity index (χ0n) is 13.0. The van der Waals surface area contributed by atoms with Gasteiger partial charge in [0.15, 0.2) is 0 Å². The van der Waals surface area contributed by atoms with Gasteiger partial charge in [-0.2, -0.15) is 0 Å². The quantitative estimate of drug-likeness (QED) is 0.894. The molecule has 1 saturated carbocycles. The molecule has 21 heavy (non-hydrogen) atoms. The fraction of sp³-hybridized carbons (Fsp3) is 0.667. The van der Waals surface area contributed by atoms with Crippen molar-refractivity contribution in [1.29, 1.82) is 0 Å². The summed E-state index contributed by atoms with van der Waals surface area (Å²) >= 11 is 0. The first-order chi connectivity index (χ1) is 10.2. The molecule has 0 spiro atoms. The Labute approximate surface area is 128 Å². The molecule has 2 N–H and O–H groups in total. The largest absolute Gasteiger partial charge is 0.393 e. The van der Waals surface area contributed by atoms with Crippen molar-refractivity contribution in [1.82, 2.24) is 5.32 Å². The molecule has 1 aliphatic carbocycles. The molecule has 3 nitrogen and oxygen atoms in total. The average molecular weight is 288 g/mol. The zero-order valence-corrected chi connectivity index (χ0v) is 13.0. The van der Waals surface area contributed by atoms with Gasteiger partial charge >= 0.3 is 0 Å². The van der Waals surface area contributed by atoms with Crippen molar-refractivity contribution >= 4 is 5.69 Å². The van der Waals surface area contributed by atoms with Gasteiger partial charge in [0.2, 0.25) is 0 Å². The number of para-hydroxylation sites is 1. The zero-order chi connectivity index (χ0) is 14.7. The highest BCUT2D eigenvalue weighted by molar-refractivity contribution is 5.46. The van der Waals surface area contributed by atoms with E-state index in [1.165, 1.54) is 31.4 Å². The second kappa shape index (κ2) is 6.80. The van der Waals surface area contributed by atoms with E-state index in [0.717, 1.165) is 19.5 Å². The minimum absolute atomic E-state index is 0.232. The number of anilines is 1. The molecule has 1 aromatic rings. The molecule has 3 atom stereocenters. The predicted molar refractivity (Wildman–Crippen MR) is 87.6 cm³/mol. The summed E-state index contributed by atoms with van der Waals surface area (Å²) in [7, 11) is 0. The van der Waals surface area contributed by atoms with Gasteiger partial charge in [0.05, 0.1) is 6.10 Å². The third kappa shape index (κ3) is 3.78. The lowest BCUT2D eigenvalue weighted by Crippen LogP contribution is -2.53. The Kier molecular flexibility index (Phi) is 4.81. The summed E-state index contributed by atoms with van der Waals surface area (Å²) in [5.74, 6) is 0.359. The number of benzene rings is 1. The van der Waals surface area contributed by atoms with Crippen molar-refractivity contribution in [3.05, 3.63) is 30.3 Å². The van der Waals surface area contributed by atoms with Crippen LogP contribution in [0.3, 0.4) is 0 Å². The maximum absolute atomic E-state index is 10.1. The Morgan fingerprint density at radius 1 is 1.10 bits per heavy atom. The number of nitrogens with zero attached hydrogens (tertiary/aromatic N) is 1.